The SMILES string of the molecule is CCOC(=O)c1ccc(NC(=O)CCc2c(OCC)nc3c(c(C)nn3-c3ccccc3)c2C)cc1. The zero-order chi connectivity index (χ0) is 25.7. The maximum Gasteiger partial charge on any atom is 0.338 e. The molecule has 1 N–H and O–H groups in total. The van der Waals surface area contributed by atoms with E-state index < -0.39 is 0 Å². The number of nitrogens with zero attached hydrogens (tertiary/aromatic N) is 3. The van der Waals surface area contributed by atoms with Crippen LogP contribution in [0.1, 0.15) is 47.4 Å². The van der Waals surface area contributed by atoms with Gasteiger partial charge in [-0.3, -0.25) is 4.79 Å². The van der Waals surface area contributed by atoms with E-state index in [-0.39, 0.29) is 18.3 Å². The quantitative estimate of drug-likeness (QED) is 0.327. The molecule has 2 aromatic heterocycles. The first-order valence-electron chi connectivity index (χ1n) is 12.1. The van der Waals surface area contributed by atoms with Gasteiger partial charge < -0.3 is 14.8 Å². The van der Waals surface area contributed by atoms with Gasteiger partial charge in [0.1, 0.15) is 0 Å². The molecule has 0 atom stereocenters. The molecule has 36 heavy (non-hydrogen) atoms. The number of nitrogens with one attached hydrogen (secondary N) is 1. The van der Waals surface area contributed by atoms with Crippen LogP contribution in [-0.4, -0.2) is 39.9 Å². The van der Waals surface area contributed by atoms with E-state index >= 15 is 0 Å². The molecule has 0 aliphatic heterocycles. The van der Waals surface area contributed by atoms with E-state index in [1.54, 1.807) is 31.2 Å². The van der Waals surface area contributed by atoms with Crippen LogP contribution >= 0.6 is 0 Å². The van der Waals surface area contributed by atoms with Gasteiger partial charge >= 0.3 is 5.97 Å². The van der Waals surface area contributed by atoms with Gasteiger partial charge in [0.2, 0.25) is 11.8 Å². The molecule has 2 aromatic carbocycles. The first-order chi connectivity index (χ1) is 17.4. The molecule has 8 heteroatoms. The van der Waals surface area contributed by atoms with E-state index in [9.17, 15) is 9.59 Å². The van der Waals surface area contributed by atoms with E-state index in [1.165, 1.54) is 0 Å². The largest absolute Gasteiger partial charge is 0.478 e. The number of ether oxygens (including phenoxy) is 2. The highest BCUT2D eigenvalue weighted by molar-refractivity contribution is 5.93. The number of anilines is 1. The van der Waals surface area contributed by atoms with Crippen LogP contribution in [0.5, 0.6) is 5.88 Å². The van der Waals surface area contributed by atoms with Crippen LogP contribution in [0, 0.1) is 13.8 Å². The molecule has 2 heterocycles. The summed E-state index contributed by atoms with van der Waals surface area (Å²) in [6, 6.07) is 16.5. The van der Waals surface area contributed by atoms with Gasteiger partial charge in [0.15, 0.2) is 5.65 Å². The number of carbonyl (C=O) groups excluding carboxylic acids is 2. The first kappa shape index (κ1) is 24.9. The van der Waals surface area contributed by atoms with Crippen LogP contribution in [0.4, 0.5) is 5.69 Å². The minimum Gasteiger partial charge on any atom is -0.478 e. The lowest BCUT2D eigenvalue weighted by Crippen LogP contribution is -2.14. The van der Waals surface area contributed by atoms with Crippen molar-refractivity contribution in [3.8, 4) is 11.6 Å². The lowest BCUT2D eigenvalue weighted by atomic mass is 10.0. The first-order valence-corrected chi connectivity index (χ1v) is 12.1. The van der Waals surface area contributed by atoms with Crippen LogP contribution in [-0.2, 0) is 16.0 Å². The highest BCUT2D eigenvalue weighted by Gasteiger charge is 2.20. The number of aryl methyl sites for hydroxylation is 2. The summed E-state index contributed by atoms with van der Waals surface area (Å²) in [5, 5.41) is 8.58. The fraction of sp³-hybridized carbons (Fsp3) is 0.286. The van der Waals surface area contributed by atoms with Crippen LogP contribution in [0.15, 0.2) is 54.6 Å². The Labute approximate surface area is 210 Å². The Morgan fingerprint density at radius 1 is 0.972 bits per heavy atom. The summed E-state index contributed by atoms with van der Waals surface area (Å²) >= 11 is 0. The van der Waals surface area contributed by atoms with Crippen molar-refractivity contribution in [2.45, 2.75) is 40.5 Å². The van der Waals surface area contributed by atoms with E-state index in [4.69, 9.17) is 19.6 Å². The monoisotopic (exact) mass is 486 g/mol. The summed E-state index contributed by atoms with van der Waals surface area (Å²) in [7, 11) is 0. The Balaban J connectivity index is 1.55. The average Bonchev–Trinajstić information content (AvgIpc) is 3.21. The minimum atomic E-state index is -0.386. The second-order valence-corrected chi connectivity index (χ2v) is 8.33. The number of para-hydroxylation sites is 1. The Morgan fingerprint density at radius 2 is 1.69 bits per heavy atom. The van der Waals surface area contributed by atoms with Crippen molar-refractivity contribution in [1.82, 2.24) is 14.8 Å². The predicted molar refractivity (Wildman–Crippen MR) is 139 cm³/mol. The maximum atomic E-state index is 12.7. The Bertz CT molecular complexity index is 1380. The normalized spacial score (nSPS) is 10.9. The summed E-state index contributed by atoms with van der Waals surface area (Å²) in [5.74, 6) is -0.00761. The summed E-state index contributed by atoms with van der Waals surface area (Å²) in [5.41, 5.74) is 5.48. The third kappa shape index (κ3) is 5.22. The molecule has 0 bridgehead atoms. The van der Waals surface area contributed by atoms with Crippen molar-refractivity contribution in [3.05, 3.63) is 77.0 Å². The van der Waals surface area contributed by atoms with Gasteiger partial charge in [0.05, 0.1) is 30.2 Å². The number of esters is 1. The number of benzene rings is 2. The summed E-state index contributed by atoms with van der Waals surface area (Å²) in [4.78, 5) is 29.4. The number of amides is 1. The lowest BCUT2D eigenvalue weighted by molar-refractivity contribution is -0.116. The van der Waals surface area contributed by atoms with Gasteiger partial charge in [-0.25, -0.2) is 9.48 Å². The number of pyridine rings is 1. The Kier molecular flexibility index (Phi) is 7.63. The standard InChI is InChI=1S/C28H30N4O4/c1-5-35-27-23(16-17-24(33)29-21-14-12-20(13-15-21)28(34)36-6-2)18(3)25-19(4)31-32(26(25)30-27)22-10-8-7-9-11-22/h7-15H,5-6,16-17H2,1-4H3,(H,29,33). The molecule has 0 spiro atoms. The molecule has 8 nitrogen and oxygen atoms in total. The zero-order valence-corrected chi connectivity index (χ0v) is 21.0. The number of carbonyl (C=O) groups is 2. The molecule has 0 radical (unpaired) electrons. The third-order valence-corrected chi connectivity index (χ3v) is 5.89. The number of hydrogen-bond donors (Lipinski definition) is 1. The van der Waals surface area contributed by atoms with Gasteiger partial charge in [0.25, 0.3) is 0 Å². The molecule has 0 saturated heterocycles. The number of fused-ring (bicyclic) bond motifs is 1. The minimum absolute atomic E-state index is 0.141. The van der Waals surface area contributed by atoms with Crippen molar-refractivity contribution in [3.63, 3.8) is 0 Å². The summed E-state index contributed by atoms with van der Waals surface area (Å²) < 4.78 is 12.7. The van der Waals surface area contributed by atoms with Gasteiger partial charge in [-0.1, -0.05) is 18.2 Å². The molecular weight excluding hydrogens is 456 g/mol. The van der Waals surface area contributed by atoms with Crippen molar-refractivity contribution in [1.29, 1.82) is 0 Å². The van der Waals surface area contributed by atoms with Gasteiger partial charge in [-0.15, -0.1) is 0 Å². The number of rotatable bonds is 9. The van der Waals surface area contributed by atoms with Crippen LogP contribution < -0.4 is 10.1 Å². The number of hydrogen-bond acceptors (Lipinski definition) is 6. The van der Waals surface area contributed by atoms with Crippen molar-refractivity contribution >= 4 is 28.6 Å². The molecule has 0 aliphatic carbocycles. The van der Waals surface area contributed by atoms with Crippen LogP contribution in [0.2, 0.25) is 0 Å². The fourth-order valence-electron chi connectivity index (χ4n) is 4.20. The average molecular weight is 487 g/mol. The zero-order valence-electron chi connectivity index (χ0n) is 21.0. The lowest BCUT2D eigenvalue weighted by Gasteiger charge is -2.14. The van der Waals surface area contributed by atoms with Gasteiger partial charge in [-0.2, -0.15) is 10.1 Å². The molecular formula is C28H30N4O4. The van der Waals surface area contributed by atoms with Gasteiger partial charge in [-0.05, 0) is 76.1 Å². The fourth-order valence-corrected chi connectivity index (χ4v) is 4.20. The molecule has 1 amide bonds. The molecule has 0 saturated carbocycles. The van der Waals surface area contributed by atoms with Crippen molar-refractivity contribution < 1.29 is 19.1 Å². The molecule has 0 aliphatic rings. The summed E-state index contributed by atoms with van der Waals surface area (Å²) in [6.45, 7) is 8.44. The van der Waals surface area contributed by atoms with E-state index in [0.717, 1.165) is 33.5 Å². The van der Waals surface area contributed by atoms with Crippen molar-refractivity contribution in [2.75, 3.05) is 18.5 Å². The van der Waals surface area contributed by atoms with E-state index in [2.05, 4.69) is 5.32 Å². The maximum absolute atomic E-state index is 12.7. The molecule has 4 aromatic rings. The molecule has 0 fully saturated rings. The smallest absolute Gasteiger partial charge is 0.338 e. The third-order valence-electron chi connectivity index (χ3n) is 5.89. The van der Waals surface area contributed by atoms with Gasteiger partial charge in [0, 0.05) is 23.1 Å². The van der Waals surface area contributed by atoms with Crippen LogP contribution in [0.3, 0.4) is 0 Å². The molecule has 4 rings (SSSR count). The van der Waals surface area contributed by atoms with Crippen LogP contribution in [0.25, 0.3) is 16.7 Å². The van der Waals surface area contributed by atoms with E-state index in [0.29, 0.717) is 36.8 Å². The summed E-state index contributed by atoms with van der Waals surface area (Å²) in [6.07, 6.45) is 0.715. The Hall–Kier alpha value is -4.20. The second kappa shape index (κ2) is 11.0. The van der Waals surface area contributed by atoms with E-state index in [1.807, 2.05) is 55.8 Å². The topological polar surface area (TPSA) is 95.3 Å². The number of aromatic nitrogens is 3. The predicted octanol–water partition coefficient (Wildman–Crippen LogP) is 5.18. The highest BCUT2D eigenvalue weighted by Crippen LogP contribution is 2.32. The molecule has 186 valence electrons. The Morgan fingerprint density at radius 3 is 2.36 bits per heavy atom. The van der Waals surface area contributed by atoms with Crippen molar-refractivity contribution in [2.24, 2.45) is 0 Å². The second-order valence-electron chi connectivity index (χ2n) is 8.33. The molecule has 0 unspecified atom stereocenters. The highest BCUT2D eigenvalue weighted by atomic mass is 16.5.